The van der Waals surface area contributed by atoms with E-state index in [1.807, 2.05) is 24.1 Å². The van der Waals surface area contributed by atoms with E-state index in [2.05, 4.69) is 25.4 Å². The molecule has 0 fully saturated rings. The summed E-state index contributed by atoms with van der Waals surface area (Å²) in [6.45, 7) is 0. The highest BCUT2D eigenvalue weighted by molar-refractivity contribution is 5.92. The minimum Gasteiger partial charge on any atom is -0.357 e. The average Bonchev–Trinajstić information content (AvgIpc) is 2.84. The summed E-state index contributed by atoms with van der Waals surface area (Å²) < 4.78 is 0. The van der Waals surface area contributed by atoms with Crippen LogP contribution in [0, 0.1) is 4.91 Å². The lowest BCUT2D eigenvalue weighted by molar-refractivity contribution is 0.0991. The predicted octanol–water partition coefficient (Wildman–Crippen LogP) is 1.34. The van der Waals surface area contributed by atoms with Gasteiger partial charge in [0.25, 0.3) is 0 Å². The fourth-order valence-corrected chi connectivity index (χ4v) is 2.10. The summed E-state index contributed by atoms with van der Waals surface area (Å²) in [7, 11) is 1.83. The number of carbonyl (C=O) groups excluding carboxylic acids is 1. The van der Waals surface area contributed by atoms with Crippen molar-refractivity contribution in [2.45, 2.75) is 6.17 Å². The van der Waals surface area contributed by atoms with Crippen LogP contribution in [0.1, 0.15) is 22.3 Å². The number of aromatic nitrogens is 3. The highest BCUT2D eigenvalue weighted by Gasteiger charge is 2.30. The molecule has 1 N–H and O–H groups in total. The largest absolute Gasteiger partial charge is 0.357 e. The van der Waals surface area contributed by atoms with Gasteiger partial charge in [0.05, 0.1) is 11.9 Å². The van der Waals surface area contributed by atoms with Crippen molar-refractivity contribution >= 4 is 17.4 Å². The molecule has 0 aromatic carbocycles. The third kappa shape index (κ3) is 1.87. The molecule has 1 atom stereocenters. The van der Waals surface area contributed by atoms with Gasteiger partial charge in [0.1, 0.15) is 6.17 Å². The second-order valence-corrected chi connectivity index (χ2v) is 4.27. The molecule has 100 valence electrons. The molecule has 1 aliphatic heterocycles. The lowest BCUT2D eigenvalue weighted by Gasteiger charge is -2.21. The van der Waals surface area contributed by atoms with Crippen LogP contribution in [0.25, 0.3) is 0 Å². The van der Waals surface area contributed by atoms with Crippen LogP contribution in [0.2, 0.25) is 0 Å². The number of nitrogens with zero attached hydrogens (tertiary/aromatic N) is 5. The van der Waals surface area contributed by atoms with Crippen molar-refractivity contribution in [1.29, 1.82) is 0 Å². The maximum Gasteiger partial charge on any atom is 0.353 e. The first-order valence-electron chi connectivity index (χ1n) is 5.84. The fourth-order valence-electron chi connectivity index (χ4n) is 2.10. The topological polar surface area (TPSA) is 100 Å². The Morgan fingerprint density at radius 3 is 3.00 bits per heavy atom. The number of anilines is 2. The minimum absolute atomic E-state index is 0.150. The molecular formula is C12H10N6O2. The van der Waals surface area contributed by atoms with E-state index in [0.29, 0.717) is 11.5 Å². The number of fused-ring (bicyclic) bond motifs is 1. The zero-order valence-electron chi connectivity index (χ0n) is 10.5. The van der Waals surface area contributed by atoms with Crippen LogP contribution >= 0.6 is 0 Å². The molecule has 2 aromatic heterocycles. The SMILES string of the molecule is CN1c2nc(C(=O)N=O)ncc2NC1c1cccnc1. The van der Waals surface area contributed by atoms with E-state index in [1.54, 1.807) is 12.4 Å². The first-order valence-corrected chi connectivity index (χ1v) is 5.84. The monoisotopic (exact) mass is 270 g/mol. The molecule has 0 radical (unpaired) electrons. The van der Waals surface area contributed by atoms with Crippen molar-refractivity contribution in [1.82, 2.24) is 15.0 Å². The summed E-state index contributed by atoms with van der Waals surface area (Å²) >= 11 is 0. The molecule has 2 aromatic rings. The van der Waals surface area contributed by atoms with Crippen LogP contribution in [0.4, 0.5) is 11.5 Å². The molecule has 0 saturated heterocycles. The molecular weight excluding hydrogens is 260 g/mol. The number of rotatable bonds is 2. The van der Waals surface area contributed by atoms with Gasteiger partial charge in [0.15, 0.2) is 5.82 Å². The number of pyridine rings is 1. The molecule has 1 unspecified atom stereocenters. The molecule has 0 bridgehead atoms. The first kappa shape index (κ1) is 12.2. The summed E-state index contributed by atoms with van der Waals surface area (Å²) in [4.78, 5) is 35.3. The predicted molar refractivity (Wildman–Crippen MR) is 71.2 cm³/mol. The number of hydrogen-bond donors (Lipinski definition) is 1. The Kier molecular flexibility index (Phi) is 2.82. The molecule has 0 aliphatic carbocycles. The lowest BCUT2D eigenvalue weighted by Crippen LogP contribution is -2.24. The van der Waals surface area contributed by atoms with Crippen molar-refractivity contribution in [3.8, 4) is 0 Å². The molecule has 1 aliphatic rings. The third-order valence-electron chi connectivity index (χ3n) is 3.06. The van der Waals surface area contributed by atoms with E-state index in [0.717, 1.165) is 5.56 Å². The van der Waals surface area contributed by atoms with Crippen molar-refractivity contribution in [2.75, 3.05) is 17.3 Å². The van der Waals surface area contributed by atoms with E-state index < -0.39 is 5.91 Å². The smallest absolute Gasteiger partial charge is 0.353 e. The molecule has 3 heterocycles. The number of hydrogen-bond acceptors (Lipinski definition) is 7. The third-order valence-corrected chi connectivity index (χ3v) is 3.06. The van der Waals surface area contributed by atoms with Gasteiger partial charge in [-0.1, -0.05) is 6.07 Å². The van der Waals surface area contributed by atoms with Crippen molar-refractivity contribution in [3.63, 3.8) is 0 Å². The number of nitrogens with one attached hydrogen (secondary N) is 1. The van der Waals surface area contributed by atoms with Crippen molar-refractivity contribution in [2.24, 2.45) is 5.18 Å². The van der Waals surface area contributed by atoms with E-state index in [4.69, 9.17) is 0 Å². The maximum absolute atomic E-state index is 11.2. The molecule has 3 rings (SSSR count). The van der Waals surface area contributed by atoms with Gasteiger partial charge in [-0.25, -0.2) is 9.97 Å². The molecule has 0 saturated carbocycles. The highest BCUT2D eigenvalue weighted by atomic mass is 16.3. The Morgan fingerprint density at radius 1 is 1.45 bits per heavy atom. The van der Waals surface area contributed by atoms with Gasteiger partial charge in [-0.15, -0.1) is 4.91 Å². The van der Waals surface area contributed by atoms with Crippen LogP contribution in [-0.2, 0) is 0 Å². The van der Waals surface area contributed by atoms with E-state index in [9.17, 15) is 9.70 Å². The summed E-state index contributed by atoms with van der Waals surface area (Å²) in [5.74, 6) is -0.647. The van der Waals surface area contributed by atoms with Crippen LogP contribution < -0.4 is 10.2 Å². The maximum atomic E-state index is 11.2. The van der Waals surface area contributed by atoms with Gasteiger partial charge in [0.2, 0.25) is 5.82 Å². The molecule has 1 amide bonds. The zero-order chi connectivity index (χ0) is 14.1. The number of nitroso groups, excluding NO2 is 1. The van der Waals surface area contributed by atoms with E-state index >= 15 is 0 Å². The summed E-state index contributed by atoms with van der Waals surface area (Å²) in [5, 5.41) is 5.55. The van der Waals surface area contributed by atoms with Crippen molar-refractivity contribution in [3.05, 3.63) is 47.0 Å². The summed E-state index contributed by atoms with van der Waals surface area (Å²) in [6, 6.07) is 3.77. The minimum atomic E-state index is -0.981. The second-order valence-electron chi connectivity index (χ2n) is 4.27. The van der Waals surface area contributed by atoms with Gasteiger partial charge in [-0.3, -0.25) is 9.78 Å². The number of carbonyl (C=O) groups is 1. The molecule has 0 spiro atoms. The second kappa shape index (κ2) is 4.65. The van der Waals surface area contributed by atoms with Crippen LogP contribution in [0.5, 0.6) is 0 Å². The van der Waals surface area contributed by atoms with Crippen LogP contribution in [0.3, 0.4) is 0 Å². The van der Waals surface area contributed by atoms with Crippen LogP contribution in [-0.4, -0.2) is 27.9 Å². The Balaban J connectivity index is 1.97. The van der Waals surface area contributed by atoms with E-state index in [1.165, 1.54) is 6.20 Å². The molecule has 8 nitrogen and oxygen atoms in total. The van der Waals surface area contributed by atoms with Gasteiger partial charge in [0, 0.05) is 30.2 Å². The van der Waals surface area contributed by atoms with Gasteiger partial charge >= 0.3 is 5.91 Å². The Hall–Kier alpha value is -2.90. The molecule has 20 heavy (non-hydrogen) atoms. The first-order chi connectivity index (χ1) is 9.70. The quantitative estimate of drug-likeness (QED) is 0.821. The zero-order valence-corrected chi connectivity index (χ0v) is 10.5. The Morgan fingerprint density at radius 2 is 2.30 bits per heavy atom. The van der Waals surface area contributed by atoms with E-state index in [-0.39, 0.29) is 12.0 Å². The summed E-state index contributed by atoms with van der Waals surface area (Å²) in [5.41, 5.74) is 1.64. The Labute approximate surface area is 113 Å². The standard InChI is InChI=1S/C12H10N6O2/c1-18-10(7-3-2-4-13-5-7)15-8-6-14-9(12(19)17-20)16-11(8)18/h2-6,10,15H,1H3. The van der Waals surface area contributed by atoms with Crippen LogP contribution in [0.15, 0.2) is 35.9 Å². The fraction of sp³-hybridized carbons (Fsp3) is 0.167. The summed E-state index contributed by atoms with van der Waals surface area (Å²) in [6.07, 6.45) is 4.75. The average molecular weight is 270 g/mol. The van der Waals surface area contributed by atoms with Crippen molar-refractivity contribution < 1.29 is 4.79 Å². The highest BCUT2D eigenvalue weighted by Crippen LogP contribution is 2.37. The van der Waals surface area contributed by atoms with Gasteiger partial charge in [-0.05, 0) is 6.07 Å². The van der Waals surface area contributed by atoms with Gasteiger partial charge < -0.3 is 10.2 Å². The number of amides is 1. The lowest BCUT2D eigenvalue weighted by atomic mass is 10.2. The van der Waals surface area contributed by atoms with Gasteiger partial charge in [-0.2, -0.15) is 0 Å². The molecule has 8 heteroatoms. The Bertz CT molecular complexity index is 675. The normalized spacial score (nSPS) is 16.4.